The summed E-state index contributed by atoms with van der Waals surface area (Å²) in [7, 11) is 2.04. The number of nitrogens with zero attached hydrogens (tertiary/aromatic N) is 6. The zero-order valence-electron chi connectivity index (χ0n) is 19.7. The van der Waals surface area contributed by atoms with Crippen molar-refractivity contribution in [3.8, 4) is 0 Å². The summed E-state index contributed by atoms with van der Waals surface area (Å²) in [4.78, 5) is 29.7. The first-order valence-corrected chi connectivity index (χ1v) is 11.5. The summed E-state index contributed by atoms with van der Waals surface area (Å²) in [6, 6.07) is 0.444. The van der Waals surface area contributed by atoms with Crippen molar-refractivity contribution in [3.63, 3.8) is 0 Å². The van der Waals surface area contributed by atoms with E-state index in [-0.39, 0.29) is 24.2 Å². The quantitative estimate of drug-likeness (QED) is 0.527. The Bertz CT molecular complexity index is 1020. The van der Waals surface area contributed by atoms with Crippen molar-refractivity contribution in [3.05, 3.63) is 17.5 Å². The number of amides is 1. The fraction of sp³-hybridized carbons (Fsp3) is 0.619. The Kier molecular flexibility index (Phi) is 7.48. The van der Waals surface area contributed by atoms with Crippen LogP contribution >= 0.6 is 0 Å². The Morgan fingerprint density at radius 3 is 2.63 bits per heavy atom. The third-order valence-corrected chi connectivity index (χ3v) is 5.83. The van der Waals surface area contributed by atoms with Crippen molar-refractivity contribution in [1.29, 1.82) is 0 Å². The Balaban J connectivity index is 1.42. The van der Waals surface area contributed by atoms with Crippen LogP contribution in [0, 0.1) is 6.92 Å². The molecule has 14 heteroatoms. The number of aromatic nitrogens is 3. The van der Waals surface area contributed by atoms with Gasteiger partial charge >= 0.3 is 12.3 Å². The normalized spacial score (nSPS) is 17.5. The number of nitrogens with one attached hydrogen (secondary N) is 2. The molecular weight excluding hydrogens is 469 g/mol. The van der Waals surface area contributed by atoms with E-state index in [9.17, 15) is 18.0 Å². The second-order valence-electron chi connectivity index (χ2n) is 8.52. The number of piperazine rings is 1. The molecule has 0 radical (unpaired) electrons. The molecule has 35 heavy (non-hydrogen) atoms. The number of hydrogen-bond acceptors (Lipinski definition) is 10. The van der Waals surface area contributed by atoms with E-state index >= 15 is 0 Å². The molecule has 2 saturated heterocycles. The molecular formula is C21H29F3N8O3. The lowest BCUT2D eigenvalue weighted by Gasteiger charge is -2.31. The van der Waals surface area contributed by atoms with Gasteiger partial charge in [-0.1, -0.05) is 0 Å². The van der Waals surface area contributed by atoms with E-state index in [0.717, 1.165) is 38.8 Å². The number of rotatable bonds is 8. The van der Waals surface area contributed by atoms with Gasteiger partial charge < -0.3 is 29.2 Å². The van der Waals surface area contributed by atoms with Gasteiger partial charge in [0.05, 0.1) is 6.61 Å². The van der Waals surface area contributed by atoms with E-state index in [0.29, 0.717) is 37.8 Å². The van der Waals surface area contributed by atoms with Crippen molar-refractivity contribution >= 4 is 29.8 Å². The molecule has 0 spiro atoms. The van der Waals surface area contributed by atoms with E-state index < -0.39 is 17.8 Å². The fourth-order valence-electron chi connectivity index (χ4n) is 3.79. The third-order valence-electron chi connectivity index (χ3n) is 5.83. The summed E-state index contributed by atoms with van der Waals surface area (Å²) in [6.45, 7) is 6.52. The SMILES string of the molecule is Cc1nc(N2CCN(C)CC2)oc1Nc1ncc(C(F)(F)F)c(NCCCN2CCCOC2=O)n1. The predicted molar refractivity (Wildman–Crippen MR) is 122 cm³/mol. The minimum atomic E-state index is -4.63. The Morgan fingerprint density at radius 2 is 1.91 bits per heavy atom. The number of carbonyl (C=O) groups is 1. The summed E-state index contributed by atoms with van der Waals surface area (Å²) < 4.78 is 51.3. The van der Waals surface area contributed by atoms with Crippen LogP contribution in [-0.4, -0.2) is 90.3 Å². The first-order chi connectivity index (χ1) is 16.7. The lowest BCUT2D eigenvalue weighted by molar-refractivity contribution is -0.137. The lowest BCUT2D eigenvalue weighted by atomic mass is 10.3. The van der Waals surface area contributed by atoms with Gasteiger partial charge in [0.1, 0.15) is 17.1 Å². The first-order valence-electron chi connectivity index (χ1n) is 11.5. The van der Waals surface area contributed by atoms with Gasteiger partial charge in [0.25, 0.3) is 6.01 Å². The Hall–Kier alpha value is -3.29. The van der Waals surface area contributed by atoms with E-state index in [1.54, 1.807) is 6.92 Å². The third kappa shape index (κ3) is 6.24. The van der Waals surface area contributed by atoms with Crippen LogP contribution in [0.3, 0.4) is 0 Å². The number of oxazole rings is 1. The van der Waals surface area contributed by atoms with Gasteiger partial charge in [0.2, 0.25) is 11.8 Å². The van der Waals surface area contributed by atoms with Crippen molar-refractivity contribution in [2.75, 3.05) is 75.0 Å². The maximum atomic E-state index is 13.5. The van der Waals surface area contributed by atoms with Crippen molar-refractivity contribution < 1.29 is 27.1 Å². The summed E-state index contributed by atoms with van der Waals surface area (Å²) >= 11 is 0. The summed E-state index contributed by atoms with van der Waals surface area (Å²) in [5.74, 6) is -0.134. The minimum absolute atomic E-state index is 0.0516. The maximum Gasteiger partial charge on any atom is 0.421 e. The number of aryl methyl sites for hydroxylation is 1. The molecule has 0 aromatic carbocycles. The molecule has 2 aromatic rings. The van der Waals surface area contributed by atoms with E-state index in [2.05, 4.69) is 30.5 Å². The smallest absolute Gasteiger partial charge is 0.421 e. The molecule has 0 bridgehead atoms. The van der Waals surface area contributed by atoms with Gasteiger partial charge in [0.15, 0.2) is 0 Å². The van der Waals surface area contributed by atoms with Gasteiger partial charge in [0, 0.05) is 52.0 Å². The second kappa shape index (κ2) is 10.5. The van der Waals surface area contributed by atoms with Crippen LogP contribution < -0.4 is 15.5 Å². The monoisotopic (exact) mass is 498 g/mol. The number of cyclic esters (lactones) is 1. The molecule has 11 nitrogen and oxygen atoms in total. The van der Waals surface area contributed by atoms with Gasteiger partial charge in [-0.3, -0.25) is 5.32 Å². The zero-order chi connectivity index (χ0) is 25.0. The number of anilines is 4. The lowest BCUT2D eigenvalue weighted by Crippen LogP contribution is -2.44. The first kappa shape index (κ1) is 24.8. The predicted octanol–water partition coefficient (Wildman–Crippen LogP) is 2.93. The van der Waals surface area contributed by atoms with E-state index in [1.807, 2.05) is 11.9 Å². The maximum absolute atomic E-state index is 13.5. The van der Waals surface area contributed by atoms with Crippen LogP contribution in [0.25, 0.3) is 0 Å². The molecule has 2 aliphatic heterocycles. The van der Waals surface area contributed by atoms with Crippen LogP contribution in [0.1, 0.15) is 24.1 Å². The van der Waals surface area contributed by atoms with Crippen LogP contribution in [0.2, 0.25) is 0 Å². The van der Waals surface area contributed by atoms with Crippen molar-refractivity contribution in [2.24, 2.45) is 0 Å². The topological polar surface area (TPSA) is 112 Å². The highest BCUT2D eigenvalue weighted by Gasteiger charge is 2.35. The Morgan fingerprint density at radius 1 is 1.14 bits per heavy atom. The van der Waals surface area contributed by atoms with Crippen LogP contribution in [-0.2, 0) is 10.9 Å². The highest BCUT2D eigenvalue weighted by Crippen LogP contribution is 2.34. The molecule has 0 aliphatic carbocycles. The summed E-state index contributed by atoms with van der Waals surface area (Å²) in [5, 5.41) is 5.57. The molecule has 2 aliphatic rings. The number of ether oxygens (including phenoxy) is 1. The van der Waals surface area contributed by atoms with E-state index in [4.69, 9.17) is 9.15 Å². The molecule has 4 heterocycles. The Labute approximate surface area is 200 Å². The number of alkyl halides is 3. The molecule has 0 atom stereocenters. The summed E-state index contributed by atoms with van der Waals surface area (Å²) in [5.41, 5.74) is -0.432. The van der Waals surface area contributed by atoms with E-state index in [1.165, 1.54) is 4.90 Å². The highest BCUT2D eigenvalue weighted by atomic mass is 19.4. The van der Waals surface area contributed by atoms with Gasteiger partial charge in [-0.2, -0.15) is 23.1 Å². The molecule has 2 fully saturated rings. The highest BCUT2D eigenvalue weighted by molar-refractivity contribution is 5.68. The molecule has 0 saturated carbocycles. The number of carbonyl (C=O) groups excluding carboxylic acids is 1. The van der Waals surface area contributed by atoms with Gasteiger partial charge in [-0.05, 0) is 26.8 Å². The van der Waals surface area contributed by atoms with Crippen LogP contribution in [0.5, 0.6) is 0 Å². The minimum Gasteiger partial charge on any atom is -0.449 e. The molecule has 2 aromatic heterocycles. The molecule has 2 N–H and O–H groups in total. The number of likely N-dealkylation sites (N-methyl/N-ethyl adjacent to an activating group) is 1. The second-order valence-corrected chi connectivity index (χ2v) is 8.52. The van der Waals surface area contributed by atoms with Crippen molar-refractivity contribution in [1.82, 2.24) is 24.8 Å². The number of hydrogen-bond donors (Lipinski definition) is 2. The molecule has 4 rings (SSSR count). The molecule has 0 unspecified atom stereocenters. The standard InChI is InChI=1S/C21H29F3N8O3/c1-14-17(35-19(27-14)31-10-8-30(2)9-11-31)29-18-26-13-15(21(22,23)24)16(28-18)25-5-3-6-32-7-4-12-34-20(32)33/h13H,3-12H2,1-2H3,(H2,25,26,28,29). The average Bonchev–Trinajstić information content (AvgIpc) is 3.17. The average molecular weight is 499 g/mol. The largest absolute Gasteiger partial charge is 0.449 e. The van der Waals surface area contributed by atoms with Crippen LogP contribution in [0.4, 0.5) is 41.6 Å². The van der Waals surface area contributed by atoms with Gasteiger partial charge in [-0.25, -0.2) is 9.78 Å². The van der Waals surface area contributed by atoms with Crippen LogP contribution in [0.15, 0.2) is 10.6 Å². The zero-order valence-corrected chi connectivity index (χ0v) is 19.7. The number of halogens is 3. The van der Waals surface area contributed by atoms with Gasteiger partial charge in [-0.15, -0.1) is 0 Å². The van der Waals surface area contributed by atoms with Crippen molar-refractivity contribution in [2.45, 2.75) is 25.9 Å². The summed E-state index contributed by atoms with van der Waals surface area (Å²) in [6.07, 6.45) is -3.15. The molecule has 1 amide bonds. The molecule has 192 valence electrons. The fourth-order valence-corrected chi connectivity index (χ4v) is 3.79.